The van der Waals surface area contributed by atoms with Gasteiger partial charge in [0.2, 0.25) is 5.91 Å². The minimum absolute atomic E-state index is 0.0597. The highest BCUT2D eigenvalue weighted by Gasteiger charge is 2.55. The molecule has 0 aliphatic carbocycles. The third kappa shape index (κ3) is 15.4. The number of aliphatic hydroxyl groups excluding tert-OH is 1. The average Bonchev–Trinajstić information content (AvgIpc) is 3.41. The summed E-state index contributed by atoms with van der Waals surface area (Å²) in [4.78, 5) is 42.3. The van der Waals surface area contributed by atoms with Gasteiger partial charge in [-0.2, -0.15) is 15.3 Å². The van der Waals surface area contributed by atoms with Gasteiger partial charge in [0.25, 0.3) is 0 Å². The lowest BCUT2D eigenvalue weighted by Crippen LogP contribution is -2.40. The molecular weight excluding hydrogens is 737 g/mol. The molecule has 14 nitrogen and oxygen atoms in total. The average molecular weight is 802 g/mol. The van der Waals surface area contributed by atoms with E-state index in [1.807, 2.05) is 6.07 Å². The van der Waals surface area contributed by atoms with Crippen molar-refractivity contribution < 1.29 is 37.8 Å². The molecule has 1 unspecified atom stereocenters. The summed E-state index contributed by atoms with van der Waals surface area (Å²) in [5, 5.41) is 26.6. The zero-order valence-electron chi connectivity index (χ0n) is 34.0. The maximum atomic E-state index is 13.9. The molecule has 1 amide bonds. The lowest BCUT2D eigenvalue weighted by atomic mass is 9.84. The number of aromatic nitrogens is 2. The molecule has 1 saturated heterocycles. The van der Waals surface area contributed by atoms with Crippen LogP contribution in [0.3, 0.4) is 0 Å². The molecular formula is C41H64N5O9P. The fourth-order valence-corrected chi connectivity index (χ4v) is 8.05. The van der Waals surface area contributed by atoms with Crippen molar-refractivity contribution in [1.82, 2.24) is 14.6 Å². The number of nitriles is 1. The second kappa shape index (κ2) is 24.2. The van der Waals surface area contributed by atoms with Crippen LogP contribution in [0.5, 0.6) is 5.75 Å². The van der Waals surface area contributed by atoms with E-state index in [4.69, 9.17) is 18.5 Å². The van der Waals surface area contributed by atoms with Crippen LogP contribution in [-0.2, 0) is 28.2 Å². The molecule has 1 aliphatic rings. The Bertz CT molecular complexity index is 1630. The van der Waals surface area contributed by atoms with Crippen LogP contribution in [0.2, 0.25) is 0 Å². The third-order valence-corrected chi connectivity index (χ3v) is 11.5. The van der Waals surface area contributed by atoms with Gasteiger partial charge in [-0.05, 0) is 52.3 Å². The number of rotatable bonds is 27. The Morgan fingerprint density at radius 3 is 2.07 bits per heavy atom. The van der Waals surface area contributed by atoms with E-state index in [1.54, 1.807) is 44.2 Å². The molecule has 3 N–H and O–H groups in total. The van der Waals surface area contributed by atoms with Crippen LogP contribution in [0.25, 0.3) is 0 Å². The van der Waals surface area contributed by atoms with Gasteiger partial charge < -0.3 is 24.4 Å². The van der Waals surface area contributed by atoms with E-state index < -0.39 is 62.0 Å². The van der Waals surface area contributed by atoms with E-state index in [9.17, 15) is 29.3 Å². The van der Waals surface area contributed by atoms with Gasteiger partial charge in [0.1, 0.15) is 35.2 Å². The second-order valence-electron chi connectivity index (χ2n) is 15.2. The van der Waals surface area contributed by atoms with Gasteiger partial charge in [-0.1, -0.05) is 115 Å². The van der Waals surface area contributed by atoms with Crippen LogP contribution in [0.4, 0.5) is 5.82 Å². The van der Waals surface area contributed by atoms with Gasteiger partial charge in [-0.3, -0.25) is 18.7 Å². The highest BCUT2D eigenvalue weighted by atomic mass is 31.2. The van der Waals surface area contributed by atoms with E-state index in [-0.39, 0.29) is 17.5 Å². The van der Waals surface area contributed by atoms with Gasteiger partial charge in [0.05, 0.1) is 18.8 Å². The summed E-state index contributed by atoms with van der Waals surface area (Å²) < 4.78 is 37.6. The number of nitrogens with zero attached hydrogens (tertiary/aromatic N) is 3. The Morgan fingerprint density at radius 1 is 0.964 bits per heavy atom. The lowest BCUT2D eigenvalue weighted by molar-refractivity contribution is -0.149. The number of amides is 1. The molecule has 1 aromatic heterocycles. The molecule has 0 spiro atoms. The minimum Gasteiger partial charge on any atom is -0.462 e. The van der Waals surface area contributed by atoms with Crippen molar-refractivity contribution in [3.63, 3.8) is 0 Å². The van der Waals surface area contributed by atoms with E-state index >= 15 is 0 Å². The number of para-hydroxylation sites is 1. The number of carbonyl (C=O) groups excluding carboxylic acids is 2. The van der Waals surface area contributed by atoms with Crippen LogP contribution in [0.15, 0.2) is 47.4 Å². The first-order chi connectivity index (χ1) is 26.8. The first-order valence-electron chi connectivity index (χ1n) is 20.4. The summed E-state index contributed by atoms with van der Waals surface area (Å²) in [6.45, 7) is 7.91. The highest BCUT2D eigenvalue weighted by molar-refractivity contribution is 7.52. The van der Waals surface area contributed by atoms with E-state index in [0.717, 1.165) is 30.3 Å². The molecule has 0 radical (unpaired) electrons. The zero-order chi connectivity index (χ0) is 41.0. The van der Waals surface area contributed by atoms with Crippen LogP contribution in [0, 0.1) is 16.7 Å². The van der Waals surface area contributed by atoms with Crippen LogP contribution < -0.4 is 20.6 Å². The quantitative estimate of drug-likeness (QED) is 0.0445. The summed E-state index contributed by atoms with van der Waals surface area (Å²) in [6.07, 6.45) is 15.6. The summed E-state index contributed by atoms with van der Waals surface area (Å²) in [5.41, 5.74) is -2.48. The van der Waals surface area contributed by atoms with Crippen LogP contribution >= 0.6 is 7.75 Å². The van der Waals surface area contributed by atoms with E-state index in [2.05, 4.69) is 22.3 Å². The molecule has 1 aliphatic heterocycles. The van der Waals surface area contributed by atoms with Crippen molar-refractivity contribution in [2.24, 2.45) is 5.41 Å². The molecule has 312 valence electrons. The molecule has 1 fully saturated rings. The highest BCUT2D eigenvalue weighted by Crippen LogP contribution is 2.49. The molecule has 56 heavy (non-hydrogen) atoms. The molecule has 15 heteroatoms. The van der Waals surface area contributed by atoms with Gasteiger partial charge in [-0.15, -0.1) is 0 Å². The monoisotopic (exact) mass is 801 g/mol. The standard InChI is InChI=1S/C41H64N5O9P/c1-6-7-8-9-10-11-12-13-14-15-16-17-18-19-23-26-36(47)43-35-27-28-46(40(50)44-35)39-41(5,30-42)37(48)34(54-39)29-52-56(51,55-33-24-21-20-22-25-33)45-32(4)38(49)53-31(2)3/h20-22,24-25,27-28,31-32,34,37,39,48H,6-19,23,26,29H2,1-5H3,(H,45,51)(H,43,44,47,50)/t32-,34+,37+,39+,41+,56?/m0/s1. The van der Waals surface area contributed by atoms with Gasteiger partial charge in [0, 0.05) is 12.6 Å². The summed E-state index contributed by atoms with van der Waals surface area (Å²) in [5.74, 6) is -0.700. The van der Waals surface area contributed by atoms with Gasteiger partial charge >= 0.3 is 19.4 Å². The van der Waals surface area contributed by atoms with Crippen LogP contribution in [-0.4, -0.2) is 57.5 Å². The van der Waals surface area contributed by atoms with Crippen molar-refractivity contribution in [2.75, 3.05) is 11.9 Å². The Labute approximate surface area is 332 Å². The van der Waals surface area contributed by atoms with Crippen molar-refractivity contribution in [3.8, 4) is 11.8 Å². The number of ether oxygens (including phenoxy) is 2. The molecule has 0 saturated carbocycles. The maximum Gasteiger partial charge on any atom is 0.459 e. The van der Waals surface area contributed by atoms with E-state index in [1.165, 1.54) is 96.7 Å². The molecule has 2 heterocycles. The number of benzene rings is 1. The second-order valence-corrected chi connectivity index (χ2v) is 16.8. The molecule has 1 aromatic carbocycles. The SMILES string of the molecule is CCCCCCCCCCCCCCCCCC(=O)Nc1ccn([C@@H]2O[C@H](COP(=O)(N[C@@H](C)C(=O)OC(C)C)Oc3ccccc3)[C@@H](O)[C@@]2(C)C#N)c(=O)n1. The predicted octanol–water partition coefficient (Wildman–Crippen LogP) is 8.36. The largest absolute Gasteiger partial charge is 0.462 e. The Balaban J connectivity index is 1.49. The number of carbonyl (C=O) groups is 2. The normalized spacial score (nSPS) is 20.9. The number of esters is 1. The summed E-state index contributed by atoms with van der Waals surface area (Å²) in [6, 6.07) is 10.5. The van der Waals surface area contributed by atoms with Crippen molar-refractivity contribution in [3.05, 3.63) is 53.1 Å². The number of hydrogen-bond acceptors (Lipinski definition) is 11. The summed E-state index contributed by atoms with van der Waals surface area (Å²) in [7, 11) is -4.32. The summed E-state index contributed by atoms with van der Waals surface area (Å²) >= 11 is 0. The molecule has 6 atom stereocenters. The van der Waals surface area contributed by atoms with Crippen LogP contribution in [0.1, 0.15) is 144 Å². The first-order valence-corrected chi connectivity index (χ1v) is 22.0. The molecule has 3 rings (SSSR count). The van der Waals surface area contributed by atoms with Gasteiger partial charge in [-0.25, -0.2) is 9.36 Å². The fourth-order valence-electron chi connectivity index (χ4n) is 6.55. The molecule has 2 aromatic rings. The van der Waals surface area contributed by atoms with Gasteiger partial charge in [0.15, 0.2) is 6.23 Å². The number of hydrogen-bond donors (Lipinski definition) is 3. The number of aliphatic hydroxyl groups is 1. The molecule has 0 bridgehead atoms. The zero-order valence-corrected chi connectivity index (χ0v) is 34.8. The first kappa shape index (κ1) is 46.8. The smallest absolute Gasteiger partial charge is 0.459 e. The van der Waals surface area contributed by atoms with Crippen molar-refractivity contribution in [1.29, 1.82) is 5.26 Å². The topological polar surface area (TPSA) is 191 Å². The maximum absolute atomic E-state index is 13.9. The third-order valence-electron chi connectivity index (χ3n) is 9.82. The van der Waals surface area contributed by atoms with Crippen molar-refractivity contribution >= 4 is 25.4 Å². The predicted molar refractivity (Wildman–Crippen MR) is 215 cm³/mol. The minimum atomic E-state index is -4.32. The lowest BCUT2D eigenvalue weighted by Gasteiger charge is -2.26. The number of nitrogens with one attached hydrogen (secondary N) is 2. The van der Waals surface area contributed by atoms with Crippen molar-refractivity contribution in [2.45, 2.75) is 168 Å². The Hall–Kier alpha value is -3.60. The van der Waals surface area contributed by atoms with E-state index in [0.29, 0.717) is 6.42 Å². The number of unbranched alkanes of at least 4 members (excludes halogenated alkanes) is 14. The number of anilines is 1. The Kier molecular flexibility index (Phi) is 20.2. The Morgan fingerprint density at radius 2 is 1.54 bits per heavy atom. The fraction of sp³-hybridized carbons (Fsp3) is 0.683.